The number of hydrogen-bond acceptors (Lipinski definition) is 5. The fourth-order valence-corrected chi connectivity index (χ4v) is 2.24. The van der Waals surface area contributed by atoms with Crippen molar-refractivity contribution in [2.75, 3.05) is 12.4 Å². The second-order valence-corrected chi connectivity index (χ2v) is 5.01. The van der Waals surface area contributed by atoms with Gasteiger partial charge in [0.25, 0.3) is 0 Å². The first-order chi connectivity index (χ1) is 10.0. The van der Waals surface area contributed by atoms with Gasteiger partial charge >= 0.3 is 5.97 Å². The molecule has 1 atom stereocenters. The van der Waals surface area contributed by atoms with E-state index in [4.69, 9.17) is 16.3 Å². The van der Waals surface area contributed by atoms with Crippen LogP contribution < -0.4 is 5.32 Å². The van der Waals surface area contributed by atoms with Crippen molar-refractivity contribution in [3.63, 3.8) is 0 Å². The lowest BCUT2D eigenvalue weighted by Gasteiger charge is -2.18. The van der Waals surface area contributed by atoms with E-state index >= 15 is 0 Å². The SMILES string of the molecule is COC(=O)c1cc(Cl)ccc1NC(C)c1nccnc1C. The molecular formula is C15H16ClN3O2. The monoisotopic (exact) mass is 305 g/mol. The summed E-state index contributed by atoms with van der Waals surface area (Å²) in [5.74, 6) is -0.442. The van der Waals surface area contributed by atoms with E-state index in [9.17, 15) is 4.79 Å². The molecule has 1 aromatic heterocycles. The molecule has 2 aromatic rings. The van der Waals surface area contributed by atoms with Gasteiger partial charge in [0.1, 0.15) is 0 Å². The van der Waals surface area contributed by atoms with Crippen LogP contribution in [0.2, 0.25) is 5.02 Å². The number of benzene rings is 1. The van der Waals surface area contributed by atoms with Crippen LogP contribution in [0.1, 0.15) is 34.7 Å². The second-order valence-electron chi connectivity index (χ2n) is 4.57. The smallest absolute Gasteiger partial charge is 0.340 e. The van der Waals surface area contributed by atoms with E-state index in [-0.39, 0.29) is 6.04 Å². The van der Waals surface area contributed by atoms with Gasteiger partial charge in [-0.3, -0.25) is 9.97 Å². The topological polar surface area (TPSA) is 64.1 Å². The minimum absolute atomic E-state index is 0.108. The number of anilines is 1. The van der Waals surface area contributed by atoms with Crippen LogP contribution >= 0.6 is 11.6 Å². The Kier molecular flexibility index (Phi) is 4.75. The van der Waals surface area contributed by atoms with Crippen molar-refractivity contribution in [2.45, 2.75) is 19.9 Å². The third-order valence-electron chi connectivity index (χ3n) is 3.09. The Morgan fingerprint density at radius 2 is 2.05 bits per heavy atom. The van der Waals surface area contributed by atoms with Crippen molar-refractivity contribution in [3.8, 4) is 0 Å². The first-order valence-electron chi connectivity index (χ1n) is 6.45. The Balaban J connectivity index is 2.31. The van der Waals surface area contributed by atoms with Crippen LogP contribution in [0.3, 0.4) is 0 Å². The fraction of sp³-hybridized carbons (Fsp3) is 0.267. The standard InChI is InChI=1S/C15H16ClN3O2/c1-9-14(18-7-6-17-9)10(2)19-13-5-4-11(16)8-12(13)15(20)21-3/h4-8,10,19H,1-3H3. The van der Waals surface area contributed by atoms with Gasteiger partial charge in [-0.15, -0.1) is 0 Å². The summed E-state index contributed by atoms with van der Waals surface area (Å²) in [5, 5.41) is 3.72. The Morgan fingerprint density at radius 1 is 1.33 bits per heavy atom. The second kappa shape index (κ2) is 6.54. The molecule has 5 nitrogen and oxygen atoms in total. The molecule has 1 unspecified atom stereocenters. The average molecular weight is 306 g/mol. The molecule has 2 rings (SSSR count). The molecule has 0 radical (unpaired) electrons. The van der Waals surface area contributed by atoms with Crippen LogP contribution in [0.25, 0.3) is 0 Å². The first-order valence-corrected chi connectivity index (χ1v) is 6.82. The lowest BCUT2D eigenvalue weighted by atomic mass is 10.1. The average Bonchev–Trinajstić information content (AvgIpc) is 2.48. The third kappa shape index (κ3) is 3.49. The summed E-state index contributed by atoms with van der Waals surface area (Å²) in [6, 6.07) is 4.93. The number of methoxy groups -OCH3 is 1. The molecule has 1 heterocycles. The first kappa shape index (κ1) is 15.3. The summed E-state index contributed by atoms with van der Waals surface area (Å²) in [5.41, 5.74) is 2.69. The van der Waals surface area contributed by atoms with Gasteiger partial charge in [-0.2, -0.15) is 0 Å². The molecule has 0 aliphatic rings. The molecule has 0 aliphatic heterocycles. The number of ether oxygens (including phenoxy) is 1. The number of carbonyl (C=O) groups is 1. The maximum atomic E-state index is 11.8. The predicted molar refractivity (Wildman–Crippen MR) is 81.6 cm³/mol. The normalized spacial score (nSPS) is 11.8. The number of esters is 1. The quantitative estimate of drug-likeness (QED) is 0.877. The molecule has 110 valence electrons. The minimum atomic E-state index is -0.442. The zero-order valence-corrected chi connectivity index (χ0v) is 12.8. The van der Waals surface area contributed by atoms with Gasteiger partial charge in [-0.05, 0) is 32.0 Å². The Bertz CT molecular complexity index is 661. The largest absolute Gasteiger partial charge is 0.465 e. The number of rotatable bonds is 4. The summed E-state index contributed by atoms with van der Waals surface area (Å²) in [6.07, 6.45) is 3.29. The number of aromatic nitrogens is 2. The van der Waals surface area contributed by atoms with Crippen LogP contribution in [-0.2, 0) is 4.74 Å². The molecule has 0 amide bonds. The van der Waals surface area contributed by atoms with Gasteiger partial charge in [-0.1, -0.05) is 11.6 Å². The summed E-state index contributed by atoms with van der Waals surface area (Å²) in [7, 11) is 1.34. The number of nitrogens with one attached hydrogen (secondary N) is 1. The molecule has 0 saturated heterocycles. The molecule has 0 bridgehead atoms. The van der Waals surface area contributed by atoms with E-state index in [1.807, 2.05) is 13.8 Å². The van der Waals surface area contributed by atoms with E-state index in [2.05, 4.69) is 15.3 Å². The van der Waals surface area contributed by atoms with Gasteiger partial charge in [0.15, 0.2) is 0 Å². The highest BCUT2D eigenvalue weighted by atomic mass is 35.5. The summed E-state index contributed by atoms with van der Waals surface area (Å²) >= 11 is 5.94. The number of carbonyl (C=O) groups excluding carboxylic acids is 1. The van der Waals surface area contributed by atoms with Crippen LogP contribution in [0, 0.1) is 6.92 Å². The van der Waals surface area contributed by atoms with Crippen LogP contribution in [0.4, 0.5) is 5.69 Å². The minimum Gasteiger partial charge on any atom is -0.465 e. The Hall–Kier alpha value is -2.14. The highest BCUT2D eigenvalue weighted by Gasteiger charge is 2.16. The third-order valence-corrected chi connectivity index (χ3v) is 3.32. The van der Waals surface area contributed by atoms with Crippen molar-refractivity contribution in [2.24, 2.45) is 0 Å². The Morgan fingerprint density at radius 3 is 2.71 bits per heavy atom. The van der Waals surface area contributed by atoms with Gasteiger partial charge in [0.05, 0.1) is 30.1 Å². The van der Waals surface area contributed by atoms with Crippen molar-refractivity contribution in [1.29, 1.82) is 0 Å². The lowest BCUT2D eigenvalue weighted by molar-refractivity contribution is 0.0602. The molecule has 6 heteroatoms. The Labute approximate surface area is 128 Å². The van der Waals surface area contributed by atoms with Crippen LogP contribution in [0.15, 0.2) is 30.6 Å². The molecule has 0 fully saturated rings. The van der Waals surface area contributed by atoms with E-state index in [0.29, 0.717) is 16.3 Å². The van der Waals surface area contributed by atoms with Crippen LogP contribution in [-0.4, -0.2) is 23.0 Å². The van der Waals surface area contributed by atoms with E-state index in [1.54, 1.807) is 30.6 Å². The van der Waals surface area contributed by atoms with Crippen LogP contribution in [0.5, 0.6) is 0 Å². The van der Waals surface area contributed by atoms with E-state index in [1.165, 1.54) is 7.11 Å². The number of halogens is 1. The molecule has 1 aromatic carbocycles. The van der Waals surface area contributed by atoms with Crippen molar-refractivity contribution in [3.05, 3.63) is 52.6 Å². The highest BCUT2D eigenvalue weighted by molar-refractivity contribution is 6.31. The zero-order chi connectivity index (χ0) is 15.4. The van der Waals surface area contributed by atoms with Gasteiger partial charge in [0, 0.05) is 23.1 Å². The lowest BCUT2D eigenvalue weighted by Crippen LogP contribution is -2.14. The van der Waals surface area contributed by atoms with Crippen molar-refractivity contribution < 1.29 is 9.53 Å². The maximum Gasteiger partial charge on any atom is 0.340 e. The predicted octanol–water partition coefficient (Wildman–Crippen LogP) is 3.40. The molecule has 21 heavy (non-hydrogen) atoms. The van der Waals surface area contributed by atoms with E-state index in [0.717, 1.165) is 11.4 Å². The maximum absolute atomic E-state index is 11.8. The zero-order valence-electron chi connectivity index (χ0n) is 12.1. The number of aryl methyl sites for hydroxylation is 1. The summed E-state index contributed by atoms with van der Waals surface area (Å²) < 4.78 is 4.78. The molecule has 0 saturated carbocycles. The summed E-state index contributed by atoms with van der Waals surface area (Å²) in [6.45, 7) is 3.84. The van der Waals surface area contributed by atoms with Gasteiger partial charge < -0.3 is 10.1 Å². The summed E-state index contributed by atoms with van der Waals surface area (Å²) in [4.78, 5) is 20.4. The molecule has 0 aliphatic carbocycles. The van der Waals surface area contributed by atoms with Gasteiger partial charge in [-0.25, -0.2) is 4.79 Å². The molecule has 0 spiro atoms. The fourth-order valence-electron chi connectivity index (χ4n) is 2.07. The number of hydrogen-bond donors (Lipinski definition) is 1. The van der Waals surface area contributed by atoms with Crippen molar-refractivity contribution >= 4 is 23.3 Å². The van der Waals surface area contributed by atoms with Gasteiger partial charge in [0.2, 0.25) is 0 Å². The van der Waals surface area contributed by atoms with Crippen molar-refractivity contribution in [1.82, 2.24) is 9.97 Å². The highest BCUT2D eigenvalue weighted by Crippen LogP contribution is 2.25. The van der Waals surface area contributed by atoms with E-state index < -0.39 is 5.97 Å². The molecule has 1 N–H and O–H groups in total. The molecular weight excluding hydrogens is 290 g/mol. The number of nitrogens with zero attached hydrogens (tertiary/aromatic N) is 2.